The number of aromatic hydroxyl groups is 1. The van der Waals surface area contributed by atoms with Crippen LogP contribution in [0, 0.1) is 11.3 Å². The van der Waals surface area contributed by atoms with E-state index < -0.39 is 34.4 Å². The predicted molar refractivity (Wildman–Crippen MR) is 55.9 cm³/mol. The van der Waals surface area contributed by atoms with Crippen LogP contribution >= 0.6 is 15.9 Å². The van der Waals surface area contributed by atoms with Gasteiger partial charge in [0, 0.05) is 5.56 Å². The minimum Gasteiger partial charge on any atom is -0.507 e. The van der Waals surface area contributed by atoms with Gasteiger partial charge in [-0.15, -0.1) is 0 Å². The molecule has 7 heteroatoms. The van der Waals surface area contributed by atoms with Gasteiger partial charge in [0.1, 0.15) is 17.4 Å². The van der Waals surface area contributed by atoms with E-state index in [9.17, 15) is 23.1 Å². The number of Topliss-reactive ketones (excluding diaryl/α,β-unsaturated/α-hetero) is 1. The molecule has 0 bridgehead atoms. The van der Waals surface area contributed by atoms with E-state index in [4.69, 9.17) is 5.26 Å². The van der Waals surface area contributed by atoms with Gasteiger partial charge in [-0.05, 0) is 12.1 Å². The van der Waals surface area contributed by atoms with E-state index in [2.05, 4.69) is 15.9 Å². The summed E-state index contributed by atoms with van der Waals surface area (Å²) >= 11 is 2.79. The molecule has 90 valence electrons. The van der Waals surface area contributed by atoms with Gasteiger partial charge >= 0.3 is 6.18 Å². The Balaban J connectivity index is 3.51. The molecule has 1 rings (SSSR count). The highest BCUT2D eigenvalue weighted by atomic mass is 79.9. The van der Waals surface area contributed by atoms with Gasteiger partial charge in [0.05, 0.1) is 10.9 Å². The summed E-state index contributed by atoms with van der Waals surface area (Å²) in [5.41, 5.74) is -2.07. The fraction of sp³-hybridized carbons (Fsp3) is 0.200. The zero-order valence-electron chi connectivity index (χ0n) is 8.18. The zero-order chi connectivity index (χ0) is 13.2. The van der Waals surface area contributed by atoms with Crippen molar-refractivity contribution in [3.63, 3.8) is 0 Å². The molecule has 17 heavy (non-hydrogen) atoms. The molecule has 0 unspecified atom stereocenters. The second-order valence-electron chi connectivity index (χ2n) is 3.08. The number of ketones is 1. The molecule has 0 aliphatic rings. The Morgan fingerprint density at radius 1 is 1.47 bits per heavy atom. The minimum atomic E-state index is -4.69. The summed E-state index contributed by atoms with van der Waals surface area (Å²) in [5, 5.41) is 17.7. The van der Waals surface area contributed by atoms with E-state index in [0.29, 0.717) is 12.1 Å². The summed E-state index contributed by atoms with van der Waals surface area (Å²) in [6, 6.07) is 2.48. The van der Waals surface area contributed by atoms with E-state index in [1.54, 1.807) is 0 Å². The average Bonchev–Trinajstić information content (AvgIpc) is 2.25. The molecule has 0 heterocycles. The molecule has 0 atom stereocenters. The van der Waals surface area contributed by atoms with E-state index in [0.717, 1.165) is 0 Å². The second kappa shape index (κ2) is 4.75. The van der Waals surface area contributed by atoms with Crippen molar-refractivity contribution in [3.05, 3.63) is 28.8 Å². The van der Waals surface area contributed by atoms with Gasteiger partial charge in [0.2, 0.25) is 0 Å². The molecular formula is C10H5BrF3NO2. The topological polar surface area (TPSA) is 61.1 Å². The number of nitriles is 1. The molecule has 0 saturated carbocycles. The summed E-state index contributed by atoms with van der Waals surface area (Å²) < 4.78 is 37.3. The Morgan fingerprint density at radius 3 is 2.47 bits per heavy atom. The maximum atomic E-state index is 12.4. The molecular weight excluding hydrogens is 303 g/mol. The molecule has 0 spiro atoms. The van der Waals surface area contributed by atoms with Gasteiger partial charge in [-0.3, -0.25) is 4.79 Å². The average molecular weight is 308 g/mol. The third-order valence-corrected chi connectivity index (χ3v) is 2.49. The molecule has 1 aromatic carbocycles. The molecule has 0 saturated heterocycles. The highest BCUT2D eigenvalue weighted by Gasteiger charge is 2.33. The zero-order valence-corrected chi connectivity index (χ0v) is 9.76. The smallest absolute Gasteiger partial charge is 0.416 e. The summed E-state index contributed by atoms with van der Waals surface area (Å²) in [4.78, 5) is 11.3. The maximum absolute atomic E-state index is 12.4. The normalized spacial score (nSPS) is 11.0. The van der Waals surface area contributed by atoms with Gasteiger partial charge in [-0.25, -0.2) is 0 Å². The van der Waals surface area contributed by atoms with Crippen LogP contribution in [0.1, 0.15) is 21.5 Å². The SMILES string of the molecule is N#Cc1c(O)cc(C(F)(F)F)cc1C(=O)CBr. The van der Waals surface area contributed by atoms with E-state index in [1.165, 1.54) is 6.07 Å². The first-order chi connectivity index (χ1) is 7.81. The molecule has 0 amide bonds. The van der Waals surface area contributed by atoms with Crippen molar-refractivity contribution in [3.8, 4) is 11.8 Å². The standard InChI is InChI=1S/C10H5BrF3NO2/c11-3-9(17)6-1-5(10(12,13)14)2-8(16)7(6)4-15/h1-2,16H,3H2. The Labute approximate surface area is 103 Å². The van der Waals surface area contributed by atoms with Gasteiger partial charge < -0.3 is 5.11 Å². The molecule has 3 nitrogen and oxygen atoms in total. The Morgan fingerprint density at radius 2 is 2.06 bits per heavy atom. The summed E-state index contributed by atoms with van der Waals surface area (Å²) in [7, 11) is 0. The number of phenolic OH excluding ortho intramolecular Hbond substituents is 1. The van der Waals surface area contributed by atoms with Crippen LogP contribution in [0.15, 0.2) is 12.1 Å². The minimum absolute atomic E-state index is 0.234. The highest BCUT2D eigenvalue weighted by molar-refractivity contribution is 9.09. The highest BCUT2D eigenvalue weighted by Crippen LogP contribution is 2.34. The van der Waals surface area contributed by atoms with Crippen LogP contribution in [0.4, 0.5) is 13.2 Å². The monoisotopic (exact) mass is 307 g/mol. The van der Waals surface area contributed by atoms with Crippen molar-refractivity contribution in [1.29, 1.82) is 5.26 Å². The largest absolute Gasteiger partial charge is 0.507 e. The number of benzene rings is 1. The quantitative estimate of drug-likeness (QED) is 0.675. The number of halogens is 4. The number of rotatable bonds is 2. The molecule has 0 fully saturated rings. The van der Waals surface area contributed by atoms with Crippen molar-refractivity contribution in [2.24, 2.45) is 0 Å². The lowest BCUT2D eigenvalue weighted by atomic mass is 10.0. The van der Waals surface area contributed by atoms with Crippen LogP contribution < -0.4 is 0 Å². The first kappa shape index (κ1) is 13.5. The number of nitrogens with zero attached hydrogens (tertiary/aromatic N) is 1. The number of hydrogen-bond donors (Lipinski definition) is 1. The van der Waals surface area contributed by atoms with Crippen molar-refractivity contribution in [1.82, 2.24) is 0 Å². The molecule has 0 radical (unpaired) electrons. The lowest BCUT2D eigenvalue weighted by Gasteiger charge is -2.10. The van der Waals surface area contributed by atoms with Gasteiger partial charge in [-0.2, -0.15) is 18.4 Å². The molecule has 1 N–H and O–H groups in total. The fourth-order valence-corrected chi connectivity index (χ4v) is 1.50. The third kappa shape index (κ3) is 2.77. The fourth-order valence-electron chi connectivity index (χ4n) is 1.20. The number of alkyl halides is 4. The first-order valence-electron chi connectivity index (χ1n) is 4.24. The van der Waals surface area contributed by atoms with E-state index >= 15 is 0 Å². The number of phenols is 1. The van der Waals surface area contributed by atoms with Crippen molar-refractivity contribution >= 4 is 21.7 Å². The molecule has 0 aromatic heterocycles. The summed E-state index contributed by atoms with van der Waals surface area (Å²) in [6.45, 7) is 0. The molecule has 0 aliphatic heterocycles. The van der Waals surface area contributed by atoms with E-state index in [1.807, 2.05) is 0 Å². The number of carbonyl (C=O) groups is 1. The van der Waals surface area contributed by atoms with Crippen LogP contribution in [0.3, 0.4) is 0 Å². The Bertz CT molecular complexity index is 505. The summed E-state index contributed by atoms with van der Waals surface area (Å²) in [6.07, 6.45) is -4.69. The van der Waals surface area contributed by atoms with Crippen LogP contribution in [-0.2, 0) is 6.18 Å². The number of hydrogen-bond acceptors (Lipinski definition) is 3. The maximum Gasteiger partial charge on any atom is 0.416 e. The second-order valence-corrected chi connectivity index (χ2v) is 3.65. The predicted octanol–water partition coefficient (Wildman–Crippen LogP) is 2.86. The van der Waals surface area contributed by atoms with Crippen molar-refractivity contribution in [2.45, 2.75) is 6.18 Å². The van der Waals surface area contributed by atoms with Crippen LogP contribution in [0.25, 0.3) is 0 Å². The van der Waals surface area contributed by atoms with Crippen molar-refractivity contribution in [2.75, 3.05) is 5.33 Å². The van der Waals surface area contributed by atoms with Gasteiger partial charge in [0.25, 0.3) is 0 Å². The Kier molecular flexibility index (Phi) is 3.78. The van der Waals surface area contributed by atoms with Crippen molar-refractivity contribution < 1.29 is 23.1 Å². The lowest BCUT2D eigenvalue weighted by molar-refractivity contribution is -0.137. The third-order valence-electron chi connectivity index (χ3n) is 1.98. The lowest BCUT2D eigenvalue weighted by Crippen LogP contribution is -2.10. The van der Waals surface area contributed by atoms with Crippen LogP contribution in [0.2, 0.25) is 0 Å². The number of carbonyl (C=O) groups excluding carboxylic acids is 1. The summed E-state index contributed by atoms with van der Waals surface area (Å²) in [5.74, 6) is -1.56. The van der Waals surface area contributed by atoms with Gasteiger partial charge in [-0.1, -0.05) is 15.9 Å². The Hall–Kier alpha value is -1.55. The van der Waals surface area contributed by atoms with Crippen LogP contribution in [-0.4, -0.2) is 16.2 Å². The van der Waals surface area contributed by atoms with Crippen LogP contribution in [0.5, 0.6) is 5.75 Å². The van der Waals surface area contributed by atoms with Gasteiger partial charge in [0.15, 0.2) is 5.78 Å². The molecule has 1 aromatic rings. The van der Waals surface area contributed by atoms with E-state index in [-0.39, 0.29) is 5.33 Å². The first-order valence-corrected chi connectivity index (χ1v) is 5.37. The molecule has 0 aliphatic carbocycles.